The highest BCUT2D eigenvalue weighted by Crippen LogP contribution is 2.19. The summed E-state index contributed by atoms with van der Waals surface area (Å²) in [4.78, 5) is 15.7. The third-order valence-corrected chi connectivity index (χ3v) is 4.60. The molecule has 0 aliphatic carbocycles. The minimum atomic E-state index is 0.0921. The van der Waals surface area contributed by atoms with Crippen LogP contribution in [0.5, 0.6) is 0 Å². The molecule has 1 heterocycles. The average molecular weight is 302 g/mol. The van der Waals surface area contributed by atoms with Gasteiger partial charge in [0.25, 0.3) is 5.91 Å². The third kappa shape index (κ3) is 3.93. The molecule has 4 heteroatoms. The summed E-state index contributed by atoms with van der Waals surface area (Å²) in [6, 6.07) is 9.98. The third-order valence-electron chi connectivity index (χ3n) is 3.59. The standard InChI is InChI=1S/C17H22N2OS/c1-13-9-11-21-16(13)12-19(3)17(20)15-7-5-4-6-14(15)8-10-18-2/h4-7,9,11,18H,8,10,12H2,1-3H3. The topological polar surface area (TPSA) is 32.3 Å². The summed E-state index contributed by atoms with van der Waals surface area (Å²) >= 11 is 1.70. The molecule has 0 atom stereocenters. The van der Waals surface area contributed by atoms with Crippen molar-refractivity contribution < 1.29 is 4.79 Å². The molecule has 1 aromatic heterocycles. The van der Waals surface area contributed by atoms with E-state index >= 15 is 0 Å². The molecule has 0 aliphatic heterocycles. The second kappa shape index (κ2) is 7.38. The van der Waals surface area contributed by atoms with Gasteiger partial charge in [0.05, 0.1) is 6.54 Å². The van der Waals surface area contributed by atoms with Gasteiger partial charge in [0.1, 0.15) is 0 Å². The van der Waals surface area contributed by atoms with E-state index in [1.165, 1.54) is 10.4 Å². The summed E-state index contributed by atoms with van der Waals surface area (Å²) in [6.45, 7) is 3.63. The van der Waals surface area contributed by atoms with Crippen LogP contribution >= 0.6 is 11.3 Å². The van der Waals surface area contributed by atoms with Gasteiger partial charge >= 0.3 is 0 Å². The molecule has 0 aliphatic rings. The van der Waals surface area contributed by atoms with Crippen molar-refractivity contribution in [2.75, 3.05) is 20.6 Å². The molecule has 0 fully saturated rings. The first-order valence-electron chi connectivity index (χ1n) is 7.14. The molecule has 0 radical (unpaired) electrons. The Morgan fingerprint density at radius 2 is 2.05 bits per heavy atom. The lowest BCUT2D eigenvalue weighted by atomic mass is 10.0. The number of thiophene rings is 1. The minimum Gasteiger partial charge on any atom is -0.337 e. The summed E-state index contributed by atoms with van der Waals surface area (Å²) in [6.07, 6.45) is 0.865. The number of carbonyl (C=O) groups excluding carboxylic acids is 1. The van der Waals surface area contributed by atoms with E-state index in [0.717, 1.165) is 24.1 Å². The Labute approximate surface area is 130 Å². The lowest BCUT2D eigenvalue weighted by Crippen LogP contribution is -2.27. The van der Waals surface area contributed by atoms with Crippen LogP contribution in [0.3, 0.4) is 0 Å². The van der Waals surface area contributed by atoms with Gasteiger partial charge in [0, 0.05) is 17.5 Å². The fraction of sp³-hybridized carbons (Fsp3) is 0.353. The predicted molar refractivity (Wildman–Crippen MR) is 88.9 cm³/mol. The Kier molecular flexibility index (Phi) is 5.53. The Hall–Kier alpha value is -1.65. The lowest BCUT2D eigenvalue weighted by Gasteiger charge is -2.19. The molecule has 0 saturated carbocycles. The van der Waals surface area contributed by atoms with Crippen molar-refractivity contribution in [2.45, 2.75) is 19.9 Å². The van der Waals surface area contributed by atoms with E-state index < -0.39 is 0 Å². The highest BCUT2D eigenvalue weighted by atomic mass is 32.1. The fourth-order valence-corrected chi connectivity index (χ4v) is 3.22. The molecular weight excluding hydrogens is 280 g/mol. The molecule has 0 saturated heterocycles. The van der Waals surface area contributed by atoms with Crippen molar-refractivity contribution in [3.63, 3.8) is 0 Å². The molecule has 3 nitrogen and oxygen atoms in total. The number of likely N-dealkylation sites (N-methyl/N-ethyl adjacent to an activating group) is 1. The number of aryl methyl sites for hydroxylation is 1. The number of nitrogens with zero attached hydrogens (tertiary/aromatic N) is 1. The summed E-state index contributed by atoms with van der Waals surface area (Å²) in [5.74, 6) is 0.0921. The lowest BCUT2D eigenvalue weighted by molar-refractivity contribution is 0.0785. The van der Waals surface area contributed by atoms with E-state index in [0.29, 0.717) is 6.54 Å². The highest BCUT2D eigenvalue weighted by molar-refractivity contribution is 7.10. The zero-order valence-electron chi connectivity index (χ0n) is 12.8. The van der Waals surface area contributed by atoms with E-state index in [-0.39, 0.29) is 5.91 Å². The molecular formula is C17H22N2OS. The van der Waals surface area contributed by atoms with Crippen LogP contribution in [0.25, 0.3) is 0 Å². The SMILES string of the molecule is CNCCc1ccccc1C(=O)N(C)Cc1sccc1C. The number of benzene rings is 1. The van der Waals surface area contributed by atoms with Crippen LogP contribution in [0, 0.1) is 6.92 Å². The van der Waals surface area contributed by atoms with Crippen molar-refractivity contribution >= 4 is 17.2 Å². The Morgan fingerprint density at radius 1 is 1.29 bits per heavy atom. The molecule has 2 aromatic rings. The Morgan fingerprint density at radius 3 is 2.71 bits per heavy atom. The van der Waals surface area contributed by atoms with Gasteiger partial charge in [-0.15, -0.1) is 11.3 Å². The zero-order chi connectivity index (χ0) is 15.2. The van der Waals surface area contributed by atoms with Crippen LogP contribution in [0.2, 0.25) is 0 Å². The molecule has 0 unspecified atom stereocenters. The smallest absolute Gasteiger partial charge is 0.254 e. The van der Waals surface area contributed by atoms with Gasteiger partial charge in [-0.2, -0.15) is 0 Å². The minimum absolute atomic E-state index is 0.0921. The van der Waals surface area contributed by atoms with Gasteiger partial charge in [-0.05, 0) is 55.6 Å². The maximum Gasteiger partial charge on any atom is 0.254 e. The second-order valence-electron chi connectivity index (χ2n) is 5.20. The van der Waals surface area contributed by atoms with E-state index in [1.807, 2.05) is 38.4 Å². The molecule has 2 rings (SSSR count). The summed E-state index contributed by atoms with van der Waals surface area (Å²) in [7, 11) is 3.80. The number of rotatable bonds is 6. The first-order chi connectivity index (χ1) is 10.1. The van der Waals surface area contributed by atoms with Gasteiger partial charge in [-0.1, -0.05) is 18.2 Å². The van der Waals surface area contributed by atoms with E-state index in [2.05, 4.69) is 23.7 Å². The average Bonchev–Trinajstić information content (AvgIpc) is 2.90. The molecule has 0 bridgehead atoms. The van der Waals surface area contributed by atoms with Gasteiger partial charge in [0.15, 0.2) is 0 Å². The number of carbonyl (C=O) groups is 1. The van der Waals surface area contributed by atoms with Crippen molar-refractivity contribution in [1.29, 1.82) is 0 Å². The quantitative estimate of drug-likeness (QED) is 0.889. The monoisotopic (exact) mass is 302 g/mol. The summed E-state index contributed by atoms with van der Waals surface area (Å²) in [5, 5.41) is 5.21. The van der Waals surface area contributed by atoms with E-state index in [1.54, 1.807) is 16.2 Å². The van der Waals surface area contributed by atoms with Crippen molar-refractivity contribution in [3.05, 3.63) is 57.3 Å². The van der Waals surface area contributed by atoms with E-state index in [9.17, 15) is 4.79 Å². The van der Waals surface area contributed by atoms with Gasteiger partial charge in [-0.3, -0.25) is 4.79 Å². The predicted octanol–water partition coefficient (Wildman–Crippen LogP) is 3.09. The van der Waals surface area contributed by atoms with Gasteiger partial charge in [0.2, 0.25) is 0 Å². The fourth-order valence-electron chi connectivity index (χ4n) is 2.27. The van der Waals surface area contributed by atoms with Crippen LogP contribution in [-0.2, 0) is 13.0 Å². The zero-order valence-corrected chi connectivity index (χ0v) is 13.7. The molecule has 1 aromatic carbocycles. The van der Waals surface area contributed by atoms with Gasteiger partial charge in [-0.25, -0.2) is 0 Å². The highest BCUT2D eigenvalue weighted by Gasteiger charge is 2.16. The number of nitrogens with one attached hydrogen (secondary N) is 1. The number of hydrogen-bond donors (Lipinski definition) is 1. The molecule has 21 heavy (non-hydrogen) atoms. The van der Waals surface area contributed by atoms with Gasteiger partial charge < -0.3 is 10.2 Å². The maximum absolute atomic E-state index is 12.7. The van der Waals surface area contributed by atoms with Crippen LogP contribution in [-0.4, -0.2) is 31.4 Å². The number of hydrogen-bond acceptors (Lipinski definition) is 3. The second-order valence-corrected chi connectivity index (χ2v) is 6.20. The molecule has 1 N–H and O–H groups in total. The molecule has 1 amide bonds. The molecule has 0 spiro atoms. The maximum atomic E-state index is 12.7. The first-order valence-corrected chi connectivity index (χ1v) is 8.02. The van der Waals surface area contributed by atoms with Crippen molar-refractivity contribution in [3.8, 4) is 0 Å². The summed E-state index contributed by atoms with van der Waals surface area (Å²) < 4.78 is 0. The van der Waals surface area contributed by atoms with Crippen LogP contribution < -0.4 is 5.32 Å². The van der Waals surface area contributed by atoms with Crippen LogP contribution in [0.1, 0.15) is 26.4 Å². The Balaban J connectivity index is 2.13. The van der Waals surface area contributed by atoms with Crippen molar-refractivity contribution in [1.82, 2.24) is 10.2 Å². The van der Waals surface area contributed by atoms with Crippen molar-refractivity contribution in [2.24, 2.45) is 0 Å². The normalized spacial score (nSPS) is 10.6. The largest absolute Gasteiger partial charge is 0.337 e. The number of amides is 1. The summed E-state index contributed by atoms with van der Waals surface area (Å²) in [5.41, 5.74) is 3.17. The Bertz CT molecular complexity index is 606. The van der Waals surface area contributed by atoms with E-state index in [4.69, 9.17) is 0 Å². The first kappa shape index (κ1) is 15.7. The van der Waals surface area contributed by atoms with Crippen LogP contribution in [0.4, 0.5) is 0 Å². The molecule has 112 valence electrons. The van der Waals surface area contributed by atoms with Crippen LogP contribution in [0.15, 0.2) is 35.7 Å².